The minimum atomic E-state index is 0.502. The number of ether oxygens (including phenoxy) is 1. The van der Waals surface area contributed by atoms with Crippen LogP contribution < -0.4 is 0 Å². The van der Waals surface area contributed by atoms with Crippen molar-refractivity contribution in [3.05, 3.63) is 12.3 Å². The van der Waals surface area contributed by atoms with Crippen molar-refractivity contribution in [2.24, 2.45) is 0 Å². The third kappa shape index (κ3) is 5.21. The van der Waals surface area contributed by atoms with Crippen LogP contribution in [0.2, 0.25) is 0 Å². The summed E-state index contributed by atoms with van der Waals surface area (Å²) < 4.78 is 4.53. The molecule has 40 valence electrons. The number of rotatable bonds is 2. The van der Waals surface area contributed by atoms with Gasteiger partial charge in [0.05, 0.1) is 13.4 Å². The van der Waals surface area contributed by atoms with E-state index in [0.29, 0.717) is 5.71 Å². The Hall–Kier alpha value is -0.790. The highest BCUT2D eigenvalue weighted by molar-refractivity contribution is 5.89. The maximum atomic E-state index is 6.83. The first-order valence-electron chi connectivity index (χ1n) is 2.02. The van der Waals surface area contributed by atoms with Crippen LogP contribution in [0.1, 0.15) is 6.92 Å². The van der Waals surface area contributed by atoms with Crippen LogP contribution in [0.4, 0.5) is 0 Å². The predicted molar refractivity (Wildman–Crippen MR) is 29.5 cm³/mol. The lowest BCUT2D eigenvalue weighted by molar-refractivity contribution is 0.338. The Morgan fingerprint density at radius 2 is 2.29 bits per heavy atom. The highest BCUT2D eigenvalue weighted by Crippen LogP contribution is 1.73. The lowest BCUT2D eigenvalue weighted by Crippen LogP contribution is -1.77. The van der Waals surface area contributed by atoms with Gasteiger partial charge < -0.3 is 10.1 Å². The topological polar surface area (TPSA) is 33.1 Å². The summed E-state index contributed by atoms with van der Waals surface area (Å²) in [6.45, 7) is 1.69. The van der Waals surface area contributed by atoms with Gasteiger partial charge >= 0.3 is 0 Å². The van der Waals surface area contributed by atoms with Crippen molar-refractivity contribution in [3.8, 4) is 0 Å². The van der Waals surface area contributed by atoms with Gasteiger partial charge in [-0.3, -0.25) is 0 Å². The highest BCUT2D eigenvalue weighted by atomic mass is 16.5. The van der Waals surface area contributed by atoms with Crippen molar-refractivity contribution >= 4 is 5.71 Å². The third-order valence-electron chi connectivity index (χ3n) is 0.454. The van der Waals surface area contributed by atoms with E-state index in [9.17, 15) is 0 Å². The molecule has 0 fully saturated rings. The van der Waals surface area contributed by atoms with Gasteiger partial charge in [-0.05, 0) is 13.0 Å². The Morgan fingerprint density at radius 3 is 2.43 bits per heavy atom. The molecule has 0 aromatic rings. The average Bonchev–Trinajstić information content (AvgIpc) is 1.61. The zero-order valence-corrected chi connectivity index (χ0v) is 4.56. The fourth-order valence-corrected chi connectivity index (χ4v) is 0.170. The van der Waals surface area contributed by atoms with Crippen molar-refractivity contribution in [2.75, 3.05) is 7.11 Å². The zero-order valence-electron chi connectivity index (χ0n) is 4.56. The van der Waals surface area contributed by atoms with Crippen molar-refractivity contribution < 1.29 is 4.74 Å². The number of nitrogens with one attached hydrogen (secondary N) is 1. The van der Waals surface area contributed by atoms with Gasteiger partial charge in [-0.25, -0.2) is 0 Å². The molecule has 0 amide bonds. The summed E-state index contributed by atoms with van der Waals surface area (Å²) in [6.07, 6.45) is 3.06. The second-order valence-electron chi connectivity index (χ2n) is 1.22. The summed E-state index contributed by atoms with van der Waals surface area (Å²) >= 11 is 0. The molecule has 0 aliphatic heterocycles. The van der Waals surface area contributed by atoms with Gasteiger partial charge in [0.1, 0.15) is 0 Å². The Morgan fingerprint density at radius 1 is 1.71 bits per heavy atom. The van der Waals surface area contributed by atoms with Crippen LogP contribution in [0.5, 0.6) is 0 Å². The third-order valence-corrected chi connectivity index (χ3v) is 0.454. The standard InChI is InChI=1S/C5H9NO/c1-5(6)3-4-7-2/h3-4,6H,1-2H3/b4-3+,6-5?. The fraction of sp³-hybridized carbons (Fsp3) is 0.400. The smallest absolute Gasteiger partial charge is 0.0842 e. The maximum Gasteiger partial charge on any atom is 0.0842 e. The van der Waals surface area contributed by atoms with Gasteiger partial charge in [0.15, 0.2) is 0 Å². The monoisotopic (exact) mass is 99.1 g/mol. The van der Waals surface area contributed by atoms with Crippen LogP contribution in [-0.4, -0.2) is 12.8 Å². The molecule has 0 aromatic heterocycles. The van der Waals surface area contributed by atoms with Crippen LogP contribution in [0.3, 0.4) is 0 Å². The molecule has 0 bridgehead atoms. The first-order chi connectivity index (χ1) is 3.27. The van der Waals surface area contributed by atoms with E-state index in [1.54, 1.807) is 20.1 Å². The van der Waals surface area contributed by atoms with Gasteiger partial charge in [-0.1, -0.05) is 0 Å². The lowest BCUT2D eigenvalue weighted by Gasteiger charge is -1.82. The molecule has 0 heterocycles. The number of hydrogen-bond acceptors (Lipinski definition) is 2. The number of methoxy groups -OCH3 is 1. The molecule has 0 unspecified atom stereocenters. The normalized spacial score (nSPS) is 9.43. The van der Waals surface area contributed by atoms with Crippen molar-refractivity contribution in [3.63, 3.8) is 0 Å². The fourth-order valence-electron chi connectivity index (χ4n) is 0.170. The summed E-state index contributed by atoms with van der Waals surface area (Å²) in [5.41, 5.74) is 0.502. The van der Waals surface area contributed by atoms with Gasteiger partial charge in [0.2, 0.25) is 0 Å². The molecule has 0 saturated carbocycles. The Labute approximate surface area is 43.3 Å². The molecular weight excluding hydrogens is 90.1 g/mol. The van der Waals surface area contributed by atoms with Crippen molar-refractivity contribution in [1.29, 1.82) is 5.41 Å². The Kier molecular flexibility index (Phi) is 3.02. The molecule has 0 spiro atoms. The quantitative estimate of drug-likeness (QED) is 0.409. The maximum absolute atomic E-state index is 6.83. The second-order valence-corrected chi connectivity index (χ2v) is 1.22. The molecule has 0 aliphatic carbocycles. The second kappa shape index (κ2) is 3.40. The molecule has 0 radical (unpaired) electrons. The van der Waals surface area contributed by atoms with Crippen LogP contribution in [0.25, 0.3) is 0 Å². The molecule has 0 atom stereocenters. The molecular formula is C5H9NO. The lowest BCUT2D eigenvalue weighted by atomic mass is 10.4. The van der Waals surface area contributed by atoms with Crippen LogP contribution in [-0.2, 0) is 4.74 Å². The molecule has 0 saturated heterocycles. The Bertz CT molecular complexity index is 86.1. The van der Waals surface area contributed by atoms with E-state index >= 15 is 0 Å². The summed E-state index contributed by atoms with van der Waals surface area (Å²) in [5.74, 6) is 0. The summed E-state index contributed by atoms with van der Waals surface area (Å²) in [4.78, 5) is 0. The predicted octanol–water partition coefficient (Wildman–Crippen LogP) is 1.19. The zero-order chi connectivity index (χ0) is 5.70. The van der Waals surface area contributed by atoms with Crippen LogP contribution >= 0.6 is 0 Å². The molecule has 2 heteroatoms. The van der Waals surface area contributed by atoms with E-state index in [0.717, 1.165) is 0 Å². The number of hydrogen-bond donors (Lipinski definition) is 1. The molecule has 7 heavy (non-hydrogen) atoms. The van der Waals surface area contributed by atoms with E-state index in [2.05, 4.69) is 4.74 Å². The van der Waals surface area contributed by atoms with Gasteiger partial charge in [0.25, 0.3) is 0 Å². The number of allylic oxidation sites excluding steroid dienone is 1. The average molecular weight is 99.1 g/mol. The van der Waals surface area contributed by atoms with E-state index in [1.165, 1.54) is 6.26 Å². The summed E-state index contributed by atoms with van der Waals surface area (Å²) in [6, 6.07) is 0. The first kappa shape index (κ1) is 6.21. The molecule has 0 rings (SSSR count). The Balaban J connectivity index is 3.26. The van der Waals surface area contributed by atoms with Gasteiger partial charge in [0, 0.05) is 5.71 Å². The summed E-state index contributed by atoms with van der Waals surface area (Å²) in [7, 11) is 1.56. The molecule has 0 aliphatic rings. The van der Waals surface area contributed by atoms with Crippen molar-refractivity contribution in [1.82, 2.24) is 0 Å². The molecule has 0 aromatic carbocycles. The van der Waals surface area contributed by atoms with E-state index < -0.39 is 0 Å². The highest BCUT2D eigenvalue weighted by Gasteiger charge is 1.70. The van der Waals surface area contributed by atoms with E-state index in [-0.39, 0.29) is 0 Å². The van der Waals surface area contributed by atoms with E-state index in [4.69, 9.17) is 5.41 Å². The van der Waals surface area contributed by atoms with Crippen LogP contribution in [0, 0.1) is 5.41 Å². The molecule has 1 N–H and O–H groups in total. The SMILES string of the molecule is CO/C=C/C(C)=N. The minimum Gasteiger partial charge on any atom is -0.504 e. The van der Waals surface area contributed by atoms with E-state index in [1.807, 2.05) is 0 Å². The first-order valence-corrected chi connectivity index (χ1v) is 2.02. The van der Waals surface area contributed by atoms with Gasteiger partial charge in [-0.2, -0.15) is 0 Å². The summed E-state index contributed by atoms with van der Waals surface area (Å²) in [5, 5.41) is 6.83. The largest absolute Gasteiger partial charge is 0.504 e. The molecule has 2 nitrogen and oxygen atoms in total. The van der Waals surface area contributed by atoms with Crippen LogP contribution in [0.15, 0.2) is 12.3 Å². The van der Waals surface area contributed by atoms with Crippen molar-refractivity contribution in [2.45, 2.75) is 6.92 Å². The van der Waals surface area contributed by atoms with Gasteiger partial charge in [-0.15, -0.1) is 0 Å². The minimum absolute atomic E-state index is 0.502.